The van der Waals surface area contributed by atoms with Gasteiger partial charge in [0.25, 0.3) is 0 Å². The van der Waals surface area contributed by atoms with Crippen molar-refractivity contribution in [1.29, 1.82) is 0 Å². The van der Waals surface area contributed by atoms with Crippen molar-refractivity contribution in [3.8, 4) is 0 Å². The smallest absolute Gasteiger partial charge is 0.374 e. The van der Waals surface area contributed by atoms with Gasteiger partial charge < -0.3 is 13.3 Å². The minimum absolute atomic E-state index is 0.432. The molecule has 0 saturated heterocycles. The molecule has 0 saturated carbocycles. The van der Waals surface area contributed by atoms with Crippen molar-refractivity contribution >= 4 is 21.0 Å². The fourth-order valence-corrected chi connectivity index (χ4v) is 3.56. The third-order valence-corrected chi connectivity index (χ3v) is 5.62. The van der Waals surface area contributed by atoms with E-state index in [0.29, 0.717) is 6.61 Å². The van der Waals surface area contributed by atoms with Gasteiger partial charge in [-0.2, -0.15) is 0 Å². The molecule has 2 aromatic rings. The minimum Gasteiger partial charge on any atom is -0.374 e. The van der Waals surface area contributed by atoms with E-state index >= 15 is 0 Å². The molecule has 120 valence electrons. The van der Waals surface area contributed by atoms with Gasteiger partial charge in [0.1, 0.15) is 0 Å². The fraction of sp³-hybridized carbons (Fsp3) is 0.158. The summed E-state index contributed by atoms with van der Waals surface area (Å²) in [7, 11) is 0.438. The van der Waals surface area contributed by atoms with Crippen LogP contribution < -0.4 is 0 Å². The second kappa shape index (κ2) is 9.22. The second-order valence-corrected chi connectivity index (χ2v) is 7.53. The first kappa shape index (κ1) is 17.4. The summed E-state index contributed by atoms with van der Waals surface area (Å²) in [4.78, 5) is 0. The Hall–Kier alpha value is -1.98. The molecule has 0 fully saturated rings. The lowest BCUT2D eigenvalue weighted by molar-refractivity contribution is 0.125. The minimum atomic E-state index is -2.80. The van der Waals surface area contributed by atoms with Crippen LogP contribution in [-0.2, 0) is 13.3 Å². The van der Waals surface area contributed by atoms with Crippen molar-refractivity contribution in [3.63, 3.8) is 0 Å². The molecule has 0 N–H and O–H groups in total. The Morgan fingerprint density at radius 2 is 1.30 bits per heavy atom. The van der Waals surface area contributed by atoms with Crippen LogP contribution in [0.5, 0.6) is 0 Å². The lowest BCUT2D eigenvalue weighted by atomic mass is 10.2. The molecule has 0 aliphatic carbocycles. The lowest BCUT2D eigenvalue weighted by Gasteiger charge is -2.22. The molecule has 0 heterocycles. The van der Waals surface area contributed by atoms with Crippen LogP contribution in [0, 0.1) is 0 Å². The van der Waals surface area contributed by atoms with Crippen LogP contribution >= 0.6 is 0 Å². The summed E-state index contributed by atoms with van der Waals surface area (Å²) in [6.07, 6.45) is 5.96. The molecule has 0 radical (unpaired) electrons. The summed E-state index contributed by atoms with van der Waals surface area (Å²) in [5.41, 5.74) is 4.12. The zero-order chi connectivity index (χ0) is 16.4. The molecule has 0 aromatic heterocycles. The molecule has 3 nitrogen and oxygen atoms in total. The van der Waals surface area contributed by atoms with Gasteiger partial charge in [-0.1, -0.05) is 78.9 Å². The first-order valence-corrected chi connectivity index (χ1v) is 9.28. The molecule has 2 rings (SSSR count). The van der Waals surface area contributed by atoms with Crippen molar-refractivity contribution < 1.29 is 13.3 Å². The van der Waals surface area contributed by atoms with Gasteiger partial charge in [0.05, 0.1) is 6.61 Å². The number of hydrogen-bond acceptors (Lipinski definition) is 3. The fourth-order valence-electron chi connectivity index (χ4n) is 2.06. The zero-order valence-electron chi connectivity index (χ0n) is 13.5. The SMILES string of the molecule is CO[Si](C=Cc1ccccc1)(OC)OCC=Cc1ccccc1. The van der Waals surface area contributed by atoms with Gasteiger partial charge in [-0.15, -0.1) is 0 Å². The van der Waals surface area contributed by atoms with Crippen molar-refractivity contribution in [2.75, 3.05) is 20.8 Å². The van der Waals surface area contributed by atoms with E-state index in [2.05, 4.69) is 0 Å². The molecule has 4 heteroatoms. The van der Waals surface area contributed by atoms with Crippen LogP contribution in [0.3, 0.4) is 0 Å². The quantitative estimate of drug-likeness (QED) is 0.680. The van der Waals surface area contributed by atoms with Crippen LogP contribution in [0.15, 0.2) is 72.4 Å². The summed E-state index contributed by atoms with van der Waals surface area (Å²) in [5.74, 6) is 0. The van der Waals surface area contributed by atoms with Gasteiger partial charge in [0, 0.05) is 14.2 Å². The van der Waals surface area contributed by atoms with Gasteiger partial charge in [-0.3, -0.25) is 0 Å². The third kappa shape index (κ3) is 5.62. The summed E-state index contributed by atoms with van der Waals surface area (Å²) >= 11 is 0. The Balaban J connectivity index is 1.97. The molecule has 0 bridgehead atoms. The average Bonchev–Trinajstić information content (AvgIpc) is 2.63. The van der Waals surface area contributed by atoms with E-state index in [-0.39, 0.29) is 0 Å². The molecular weight excluding hydrogens is 304 g/mol. The van der Waals surface area contributed by atoms with Gasteiger partial charge in [0.2, 0.25) is 0 Å². The van der Waals surface area contributed by atoms with Crippen LogP contribution in [0.25, 0.3) is 12.2 Å². The highest BCUT2D eigenvalue weighted by molar-refractivity contribution is 6.67. The van der Waals surface area contributed by atoms with Crippen LogP contribution in [0.1, 0.15) is 11.1 Å². The highest BCUT2D eigenvalue weighted by Gasteiger charge is 2.35. The van der Waals surface area contributed by atoms with Gasteiger partial charge in [-0.25, -0.2) is 0 Å². The van der Waals surface area contributed by atoms with Crippen LogP contribution in [-0.4, -0.2) is 29.6 Å². The monoisotopic (exact) mass is 326 g/mol. The Morgan fingerprint density at radius 3 is 1.83 bits per heavy atom. The summed E-state index contributed by atoms with van der Waals surface area (Å²) in [6, 6.07) is 20.1. The van der Waals surface area contributed by atoms with Crippen molar-refractivity contribution in [3.05, 3.63) is 83.6 Å². The standard InChI is InChI=1S/C19H22O3Si/c1-20-23(21-2,17-15-19-12-7-4-8-13-19)22-16-9-14-18-10-5-3-6-11-18/h3-15,17H,16H2,1-2H3. The van der Waals surface area contributed by atoms with Gasteiger partial charge in [-0.05, 0) is 16.8 Å². The molecule has 0 atom stereocenters. The summed E-state index contributed by atoms with van der Waals surface area (Å²) < 4.78 is 17.0. The number of rotatable bonds is 8. The molecule has 0 spiro atoms. The molecule has 2 aromatic carbocycles. The van der Waals surface area contributed by atoms with E-state index in [4.69, 9.17) is 13.3 Å². The molecule has 0 aliphatic rings. The van der Waals surface area contributed by atoms with E-state index in [1.54, 1.807) is 14.2 Å². The second-order valence-electron chi connectivity index (χ2n) is 4.88. The maximum Gasteiger partial charge on any atom is 0.529 e. The maximum atomic E-state index is 5.89. The normalized spacial score (nSPS) is 12.3. The topological polar surface area (TPSA) is 27.7 Å². The van der Waals surface area contributed by atoms with E-state index in [1.165, 1.54) is 0 Å². The zero-order valence-corrected chi connectivity index (χ0v) is 14.5. The largest absolute Gasteiger partial charge is 0.529 e. The Morgan fingerprint density at radius 1 is 0.783 bits per heavy atom. The molecule has 0 aliphatic heterocycles. The Labute approximate surface area is 139 Å². The summed E-state index contributed by atoms with van der Waals surface area (Å²) in [6.45, 7) is 0.432. The highest BCUT2D eigenvalue weighted by Crippen LogP contribution is 2.13. The maximum absolute atomic E-state index is 5.89. The average molecular weight is 326 g/mol. The molecular formula is C19H22O3Si. The van der Waals surface area contributed by atoms with E-state index in [1.807, 2.05) is 84.6 Å². The van der Waals surface area contributed by atoms with E-state index in [9.17, 15) is 0 Å². The van der Waals surface area contributed by atoms with Crippen LogP contribution in [0.2, 0.25) is 0 Å². The molecule has 23 heavy (non-hydrogen) atoms. The third-order valence-electron chi connectivity index (χ3n) is 3.34. The molecule has 0 amide bonds. The predicted octanol–water partition coefficient (Wildman–Crippen LogP) is 4.20. The number of benzene rings is 2. The van der Waals surface area contributed by atoms with Crippen molar-refractivity contribution in [2.45, 2.75) is 0 Å². The Kier molecular flexibility index (Phi) is 6.97. The first-order valence-electron chi connectivity index (χ1n) is 7.48. The molecule has 0 unspecified atom stereocenters. The predicted molar refractivity (Wildman–Crippen MR) is 96.7 cm³/mol. The highest BCUT2D eigenvalue weighted by atomic mass is 28.4. The Bertz CT molecular complexity index is 620. The van der Waals surface area contributed by atoms with E-state index < -0.39 is 8.80 Å². The van der Waals surface area contributed by atoms with Gasteiger partial charge >= 0.3 is 8.80 Å². The van der Waals surface area contributed by atoms with Gasteiger partial charge in [0.15, 0.2) is 0 Å². The van der Waals surface area contributed by atoms with Crippen molar-refractivity contribution in [1.82, 2.24) is 0 Å². The lowest BCUT2D eigenvalue weighted by Crippen LogP contribution is -2.42. The van der Waals surface area contributed by atoms with Crippen LogP contribution in [0.4, 0.5) is 0 Å². The number of hydrogen-bond donors (Lipinski definition) is 0. The summed E-state index contributed by atoms with van der Waals surface area (Å²) in [5, 5.41) is 0. The van der Waals surface area contributed by atoms with Crippen molar-refractivity contribution in [2.24, 2.45) is 0 Å². The van der Waals surface area contributed by atoms with E-state index in [0.717, 1.165) is 11.1 Å². The first-order chi connectivity index (χ1) is 11.3.